The van der Waals surface area contributed by atoms with Gasteiger partial charge in [0.15, 0.2) is 5.12 Å². The minimum atomic E-state index is -0.736. The van der Waals surface area contributed by atoms with Crippen LogP contribution < -0.4 is 0 Å². The second-order valence-electron chi connectivity index (χ2n) is 8.45. The van der Waals surface area contributed by atoms with Crippen LogP contribution in [0.15, 0.2) is 24.3 Å². The highest BCUT2D eigenvalue weighted by Crippen LogP contribution is 2.75. The zero-order chi connectivity index (χ0) is 21.7. The third-order valence-electron chi connectivity index (χ3n) is 5.83. The monoisotopic (exact) mass is 472 g/mol. The SMILES string of the molecule is C=[P+](C)P(C)(CCCCCCCc1ccc(CCCCSC(C)=O)cc1)=[P+](C)C. The van der Waals surface area contributed by atoms with Gasteiger partial charge in [-0.15, -0.1) is 0 Å². The van der Waals surface area contributed by atoms with Crippen molar-refractivity contribution in [1.82, 2.24) is 0 Å². The van der Waals surface area contributed by atoms with Gasteiger partial charge in [-0.1, -0.05) is 55.3 Å². The van der Waals surface area contributed by atoms with Crippen molar-refractivity contribution < 1.29 is 4.79 Å². The molecule has 1 rings (SSSR count). The highest BCUT2D eigenvalue weighted by Gasteiger charge is 2.31. The van der Waals surface area contributed by atoms with Gasteiger partial charge < -0.3 is 0 Å². The molecule has 0 aromatic heterocycles. The zero-order valence-corrected chi connectivity index (χ0v) is 23.0. The van der Waals surface area contributed by atoms with E-state index in [0.717, 1.165) is 18.6 Å². The molecule has 0 bridgehead atoms. The number of unbranched alkanes of at least 4 members (excludes halogenated alkanes) is 5. The van der Waals surface area contributed by atoms with Crippen molar-refractivity contribution in [2.75, 3.05) is 38.6 Å². The molecule has 0 N–H and O–H groups in total. The summed E-state index contributed by atoms with van der Waals surface area (Å²) in [5.41, 5.74) is 2.91. The second kappa shape index (κ2) is 15.0. The van der Waals surface area contributed by atoms with E-state index in [1.807, 2.05) is 0 Å². The van der Waals surface area contributed by atoms with Crippen molar-refractivity contribution in [2.24, 2.45) is 0 Å². The summed E-state index contributed by atoms with van der Waals surface area (Å²) in [6.45, 7) is 11.6. The molecule has 0 aliphatic carbocycles. The highest BCUT2D eigenvalue weighted by molar-refractivity contribution is 8.49. The van der Waals surface area contributed by atoms with Crippen LogP contribution >= 0.6 is 32.4 Å². The first kappa shape index (κ1) is 27.2. The van der Waals surface area contributed by atoms with Gasteiger partial charge >= 0.3 is 0 Å². The molecule has 0 saturated heterocycles. The third-order valence-corrected chi connectivity index (χ3v) is 27.8. The molecule has 2 unspecified atom stereocenters. The Labute approximate surface area is 187 Å². The first-order chi connectivity index (χ1) is 13.8. The fraction of sp³-hybridized carbons (Fsp3) is 0.667. The zero-order valence-electron chi connectivity index (χ0n) is 19.5. The van der Waals surface area contributed by atoms with E-state index in [4.69, 9.17) is 0 Å². The Bertz CT molecular complexity index is 691. The molecule has 1 aromatic carbocycles. The molecule has 1 aromatic rings. The maximum atomic E-state index is 10.9. The van der Waals surface area contributed by atoms with Gasteiger partial charge in [-0.2, -0.15) is 0 Å². The lowest BCUT2D eigenvalue weighted by Crippen LogP contribution is -1.92. The Morgan fingerprint density at radius 3 is 1.86 bits per heavy atom. The number of thioether (sulfide) groups is 1. The van der Waals surface area contributed by atoms with Gasteiger partial charge in [0.1, 0.15) is 21.1 Å². The summed E-state index contributed by atoms with van der Waals surface area (Å²) in [4.78, 5) is 10.9. The van der Waals surface area contributed by atoms with Crippen LogP contribution in [0.3, 0.4) is 0 Å². The highest BCUT2D eigenvalue weighted by atomic mass is 32.3. The molecule has 0 amide bonds. The lowest BCUT2D eigenvalue weighted by atomic mass is 10.0. The van der Waals surface area contributed by atoms with Gasteiger partial charge in [0.05, 0.1) is 19.6 Å². The van der Waals surface area contributed by atoms with Crippen molar-refractivity contribution in [3.8, 4) is 0 Å². The number of carbonyl (C=O) groups excluding carboxylic acids is 1. The molecule has 164 valence electrons. The number of hydrogen-bond donors (Lipinski definition) is 0. The van der Waals surface area contributed by atoms with E-state index in [0.29, 0.717) is 0 Å². The number of rotatable bonds is 14. The van der Waals surface area contributed by atoms with E-state index in [-0.39, 0.29) is 19.6 Å². The Morgan fingerprint density at radius 1 is 0.897 bits per heavy atom. The molecule has 0 saturated carbocycles. The molecule has 0 fully saturated rings. The fourth-order valence-electron chi connectivity index (χ4n) is 3.47. The number of aryl methyl sites for hydroxylation is 2. The van der Waals surface area contributed by atoms with Crippen LogP contribution in [0.25, 0.3) is 0 Å². The maximum absolute atomic E-state index is 10.9. The minimum absolute atomic E-state index is 0.0203. The van der Waals surface area contributed by atoms with Crippen molar-refractivity contribution in [1.29, 1.82) is 0 Å². The molecule has 1 nitrogen and oxygen atoms in total. The van der Waals surface area contributed by atoms with Crippen LogP contribution in [0.1, 0.15) is 63.0 Å². The molecule has 29 heavy (non-hydrogen) atoms. The van der Waals surface area contributed by atoms with Gasteiger partial charge in [-0.3, -0.25) is 4.79 Å². The smallest absolute Gasteiger partial charge is 0.219 e. The summed E-state index contributed by atoms with van der Waals surface area (Å²) in [7, 11) is 0.228. The normalized spacial score (nSPS) is 13.8. The summed E-state index contributed by atoms with van der Waals surface area (Å²) in [5, 5.41) is 0.235. The Balaban J connectivity index is 2.17. The van der Waals surface area contributed by atoms with Crippen molar-refractivity contribution in [2.45, 2.75) is 64.7 Å². The third kappa shape index (κ3) is 11.4. The van der Waals surface area contributed by atoms with E-state index in [2.05, 4.69) is 57.2 Å². The van der Waals surface area contributed by atoms with Crippen molar-refractivity contribution in [3.63, 3.8) is 0 Å². The number of carbonyl (C=O) groups is 1. The standard InChI is InChI=1S/C24H43OP3S/c1-22(25)29-21-13-11-15-24-18-16-23(17-19-24)14-10-8-7-9-12-20-28(6,26(2)3)27(4)5/h16-19H,2,7-15,20-21H2,1,3-6H3/q+2. The first-order valence-electron chi connectivity index (χ1n) is 11.0. The van der Waals surface area contributed by atoms with Gasteiger partial charge in [0, 0.05) is 25.5 Å². The Morgan fingerprint density at radius 2 is 1.38 bits per heavy atom. The summed E-state index contributed by atoms with van der Waals surface area (Å²) in [6, 6.07) is 9.23. The van der Waals surface area contributed by atoms with Crippen LogP contribution in [0.5, 0.6) is 0 Å². The quantitative estimate of drug-likeness (QED) is 0.199. The Kier molecular flexibility index (Phi) is 14.1. The summed E-state index contributed by atoms with van der Waals surface area (Å²) in [6.07, 6.45) is 16.7. The van der Waals surface area contributed by atoms with Gasteiger partial charge in [-0.05, 0) is 49.7 Å². The maximum Gasteiger partial charge on any atom is 0.219 e. The predicted molar refractivity (Wildman–Crippen MR) is 146 cm³/mol. The molecule has 2 atom stereocenters. The fourth-order valence-corrected chi connectivity index (χ4v) is 16.7. The van der Waals surface area contributed by atoms with E-state index < -0.39 is 6.24 Å². The minimum Gasteiger partial charge on any atom is -0.288 e. The van der Waals surface area contributed by atoms with Crippen LogP contribution in [0.2, 0.25) is 0 Å². The average molecular weight is 473 g/mol. The molecule has 0 aliphatic rings. The topological polar surface area (TPSA) is 17.1 Å². The number of benzene rings is 1. The molecule has 5 heteroatoms. The lowest BCUT2D eigenvalue weighted by Gasteiger charge is -2.08. The van der Waals surface area contributed by atoms with E-state index in [9.17, 15) is 4.79 Å². The molecule has 0 heterocycles. The van der Waals surface area contributed by atoms with Crippen molar-refractivity contribution in [3.05, 3.63) is 35.4 Å². The largest absolute Gasteiger partial charge is 0.288 e. The molecular weight excluding hydrogens is 429 g/mol. The Hall–Kier alpha value is 0.140. The van der Waals surface area contributed by atoms with Gasteiger partial charge in [0.25, 0.3) is 0 Å². The molecule has 0 spiro atoms. The van der Waals surface area contributed by atoms with Gasteiger partial charge in [0.2, 0.25) is 6.24 Å². The van der Waals surface area contributed by atoms with E-state index in [1.54, 1.807) is 6.92 Å². The van der Waals surface area contributed by atoms with E-state index >= 15 is 0 Å². The number of hydrogen-bond acceptors (Lipinski definition) is 2. The summed E-state index contributed by atoms with van der Waals surface area (Å²) >= 11 is 1.45. The molecule has 0 radical (unpaired) electrons. The molecular formula is C24H43OP3S+2. The first-order valence-corrected chi connectivity index (χ1v) is 20.1. The van der Waals surface area contributed by atoms with Crippen LogP contribution in [0, 0.1) is 0 Å². The summed E-state index contributed by atoms with van der Waals surface area (Å²) in [5.74, 6) is 0.960. The predicted octanol–water partition coefficient (Wildman–Crippen LogP) is 8.54. The van der Waals surface area contributed by atoms with Gasteiger partial charge in [-0.25, -0.2) is 0 Å². The van der Waals surface area contributed by atoms with Crippen LogP contribution in [-0.4, -0.2) is 50.0 Å². The van der Waals surface area contributed by atoms with Crippen LogP contribution in [-0.2, 0) is 17.6 Å². The average Bonchev–Trinajstić information content (AvgIpc) is 2.67. The molecule has 0 aliphatic heterocycles. The summed E-state index contributed by atoms with van der Waals surface area (Å²) < 4.78 is 0. The van der Waals surface area contributed by atoms with Crippen LogP contribution in [0.4, 0.5) is 0 Å². The lowest BCUT2D eigenvalue weighted by molar-refractivity contribution is -0.109. The van der Waals surface area contributed by atoms with E-state index in [1.165, 1.54) is 74.0 Å². The second-order valence-corrected chi connectivity index (χ2v) is 26.0. The van der Waals surface area contributed by atoms with Crippen molar-refractivity contribution >= 4 is 43.9 Å².